The summed E-state index contributed by atoms with van der Waals surface area (Å²) < 4.78 is 74.5. The number of ketones is 1. The Bertz CT molecular complexity index is 1900. The van der Waals surface area contributed by atoms with Crippen molar-refractivity contribution in [2.45, 2.75) is 69.6 Å². The standard InChI is InChI=1S/C20H21F3N4O.C12H14O.C9H11F3N4/c21-20(22,23)17-7-8-18(25-24-17)26-9-11-27(12-10-26)19(28)13-14-1-3-15(4-2-14)16-5-6-16;1-9(13)8-10-2-4-11(5-3-10)12-6-7-12;10-9(11,12)7-1-2-8(15-14-7)16-5-3-13-4-6-16/h1-4,7-8,16H,5-6,9-13H2;2-5,12H,6-8H2,1H3;1-2,13H,3-6H2. The van der Waals surface area contributed by atoms with Gasteiger partial charge >= 0.3 is 12.4 Å². The van der Waals surface area contributed by atoms with E-state index in [-0.39, 0.29) is 11.7 Å². The van der Waals surface area contributed by atoms with E-state index < -0.39 is 23.7 Å². The molecule has 4 heterocycles. The molecule has 4 fully saturated rings. The highest BCUT2D eigenvalue weighted by Gasteiger charge is 2.34. The Morgan fingerprint density at radius 2 is 1.00 bits per heavy atom. The lowest BCUT2D eigenvalue weighted by atomic mass is 10.1. The monoisotopic (exact) mass is 796 g/mol. The van der Waals surface area contributed by atoms with Gasteiger partial charge < -0.3 is 20.0 Å². The first-order valence-electron chi connectivity index (χ1n) is 19.2. The van der Waals surface area contributed by atoms with Gasteiger partial charge in [-0.1, -0.05) is 48.5 Å². The van der Waals surface area contributed by atoms with E-state index in [2.05, 4.69) is 62.1 Å². The van der Waals surface area contributed by atoms with Crippen molar-refractivity contribution in [2.24, 2.45) is 0 Å². The minimum absolute atomic E-state index is 0.0670. The molecule has 0 spiro atoms. The summed E-state index contributed by atoms with van der Waals surface area (Å²) in [5.74, 6) is 2.71. The highest BCUT2D eigenvalue weighted by atomic mass is 19.4. The van der Waals surface area contributed by atoms with Crippen molar-refractivity contribution >= 4 is 23.3 Å². The van der Waals surface area contributed by atoms with Crippen LogP contribution in [0.1, 0.15) is 78.1 Å². The van der Waals surface area contributed by atoms with Crippen LogP contribution in [0.25, 0.3) is 0 Å². The topological polar surface area (TPSA) is 107 Å². The maximum absolute atomic E-state index is 12.6. The van der Waals surface area contributed by atoms with E-state index in [9.17, 15) is 35.9 Å². The van der Waals surface area contributed by atoms with Crippen LogP contribution in [-0.2, 0) is 34.8 Å². The van der Waals surface area contributed by atoms with Gasteiger partial charge in [0.05, 0.1) is 6.42 Å². The number of benzene rings is 2. The zero-order chi connectivity index (χ0) is 40.6. The number of hydrogen-bond donors (Lipinski definition) is 1. The minimum atomic E-state index is -4.49. The van der Waals surface area contributed by atoms with Gasteiger partial charge in [-0.3, -0.25) is 9.59 Å². The first-order valence-corrected chi connectivity index (χ1v) is 19.2. The SMILES string of the molecule is CC(=O)Cc1ccc(C2CC2)cc1.FC(F)(F)c1ccc(N2CCNCC2)nn1.O=C(Cc1ccc(C2CC2)cc1)N1CCN(c2ccc(C(F)(F)F)nn2)CC1. The van der Waals surface area contributed by atoms with Crippen LogP contribution in [-0.4, -0.2) is 89.3 Å². The van der Waals surface area contributed by atoms with E-state index in [0.29, 0.717) is 56.6 Å². The Kier molecular flexibility index (Phi) is 13.4. The number of piperazine rings is 2. The molecule has 1 N–H and O–H groups in total. The van der Waals surface area contributed by atoms with Crippen molar-refractivity contribution in [3.05, 3.63) is 106 Å². The van der Waals surface area contributed by atoms with E-state index in [1.807, 2.05) is 21.9 Å². The number of nitrogens with zero attached hydrogens (tertiary/aromatic N) is 7. The van der Waals surface area contributed by atoms with Crippen LogP contribution in [0.3, 0.4) is 0 Å². The summed E-state index contributed by atoms with van der Waals surface area (Å²) in [5.41, 5.74) is 2.97. The van der Waals surface area contributed by atoms with Crippen LogP contribution in [0.5, 0.6) is 0 Å². The van der Waals surface area contributed by atoms with Gasteiger partial charge in [0, 0.05) is 58.8 Å². The Labute approximate surface area is 327 Å². The second kappa shape index (κ2) is 18.4. The van der Waals surface area contributed by atoms with Crippen LogP contribution >= 0.6 is 0 Å². The van der Waals surface area contributed by atoms with Crippen molar-refractivity contribution in [1.82, 2.24) is 30.6 Å². The zero-order valence-electron chi connectivity index (χ0n) is 31.7. The van der Waals surface area contributed by atoms with Gasteiger partial charge in [0.25, 0.3) is 0 Å². The fourth-order valence-electron chi connectivity index (χ4n) is 6.59. The fraction of sp³-hybridized carbons (Fsp3) is 0.463. The van der Waals surface area contributed by atoms with Crippen LogP contribution in [0.2, 0.25) is 0 Å². The molecule has 0 radical (unpaired) electrons. The number of carbonyl (C=O) groups excluding carboxylic acids is 2. The summed E-state index contributed by atoms with van der Waals surface area (Å²) in [5, 5.41) is 16.9. The minimum Gasteiger partial charge on any atom is -0.353 e. The third kappa shape index (κ3) is 12.4. The van der Waals surface area contributed by atoms with E-state index in [1.54, 1.807) is 11.8 Å². The largest absolute Gasteiger partial charge is 0.435 e. The van der Waals surface area contributed by atoms with Crippen molar-refractivity contribution in [3.63, 3.8) is 0 Å². The number of nitrogens with one attached hydrogen (secondary N) is 1. The van der Waals surface area contributed by atoms with Gasteiger partial charge in [0.15, 0.2) is 23.0 Å². The highest BCUT2D eigenvalue weighted by molar-refractivity contribution is 5.79. The fourth-order valence-corrected chi connectivity index (χ4v) is 6.59. The highest BCUT2D eigenvalue weighted by Crippen LogP contribution is 2.40. The Hall–Kier alpha value is -5.12. The van der Waals surface area contributed by atoms with Gasteiger partial charge in [-0.2, -0.15) is 26.3 Å². The predicted octanol–water partition coefficient (Wildman–Crippen LogP) is 6.86. The third-order valence-electron chi connectivity index (χ3n) is 10.1. The smallest absolute Gasteiger partial charge is 0.353 e. The van der Waals surface area contributed by atoms with E-state index in [1.165, 1.54) is 48.9 Å². The van der Waals surface area contributed by atoms with Crippen molar-refractivity contribution in [1.29, 1.82) is 0 Å². The molecule has 0 unspecified atom stereocenters. The molecule has 2 saturated heterocycles. The van der Waals surface area contributed by atoms with Gasteiger partial charge in [-0.05, 0) is 91.0 Å². The summed E-state index contributed by atoms with van der Waals surface area (Å²) >= 11 is 0. The molecule has 16 heteroatoms. The summed E-state index contributed by atoms with van der Waals surface area (Å²) in [6, 6.07) is 21.4. The lowest BCUT2D eigenvalue weighted by molar-refractivity contribution is -0.142. The summed E-state index contributed by atoms with van der Waals surface area (Å²) in [6.07, 6.45) is -2.78. The number of aromatic nitrogens is 4. The average Bonchev–Trinajstić information content (AvgIpc) is 4.14. The Balaban J connectivity index is 0.000000160. The van der Waals surface area contributed by atoms with E-state index >= 15 is 0 Å². The maximum Gasteiger partial charge on any atom is 0.435 e. The van der Waals surface area contributed by atoms with Gasteiger partial charge in [0.2, 0.25) is 5.91 Å². The molecule has 0 bridgehead atoms. The number of anilines is 2. The molecule has 10 nitrogen and oxygen atoms in total. The zero-order valence-corrected chi connectivity index (χ0v) is 31.7. The molecule has 8 rings (SSSR count). The number of halogens is 6. The second-order valence-corrected chi connectivity index (χ2v) is 14.7. The molecule has 2 aromatic carbocycles. The predicted molar refractivity (Wildman–Crippen MR) is 203 cm³/mol. The number of Topliss-reactive ketones (excluding diaryl/α,β-unsaturated/α-hetero) is 1. The van der Waals surface area contributed by atoms with E-state index in [4.69, 9.17) is 0 Å². The molecule has 4 aromatic rings. The molecule has 2 aromatic heterocycles. The Morgan fingerprint density at radius 1 is 0.579 bits per heavy atom. The average molecular weight is 797 g/mol. The number of amides is 1. The number of carbonyl (C=O) groups is 2. The first kappa shape index (κ1) is 41.5. The van der Waals surface area contributed by atoms with Crippen molar-refractivity contribution in [3.8, 4) is 0 Å². The van der Waals surface area contributed by atoms with Crippen LogP contribution in [0.4, 0.5) is 38.0 Å². The number of alkyl halides is 6. The molecular weight excluding hydrogens is 750 g/mol. The van der Waals surface area contributed by atoms with Crippen molar-refractivity contribution in [2.75, 3.05) is 62.2 Å². The molecule has 2 aliphatic heterocycles. The first-order chi connectivity index (χ1) is 27.2. The normalized spacial score (nSPS) is 17.2. The molecule has 57 heavy (non-hydrogen) atoms. The van der Waals surface area contributed by atoms with E-state index in [0.717, 1.165) is 55.4 Å². The molecule has 2 saturated carbocycles. The van der Waals surface area contributed by atoms with Crippen LogP contribution in [0.15, 0.2) is 72.8 Å². The number of rotatable bonds is 8. The third-order valence-corrected chi connectivity index (χ3v) is 10.1. The molecule has 1 amide bonds. The quantitative estimate of drug-likeness (QED) is 0.192. The van der Waals surface area contributed by atoms with Gasteiger partial charge in [-0.25, -0.2) is 0 Å². The maximum atomic E-state index is 12.6. The molecule has 304 valence electrons. The summed E-state index contributed by atoms with van der Waals surface area (Å²) in [4.78, 5) is 28.9. The van der Waals surface area contributed by atoms with Crippen LogP contribution < -0.4 is 15.1 Å². The van der Waals surface area contributed by atoms with Gasteiger partial charge in [-0.15, -0.1) is 20.4 Å². The molecule has 0 atom stereocenters. The van der Waals surface area contributed by atoms with Crippen molar-refractivity contribution < 1.29 is 35.9 Å². The lowest BCUT2D eigenvalue weighted by Crippen LogP contribution is -2.49. The molecule has 2 aliphatic carbocycles. The molecular formula is C41H46F6N8O2. The molecule has 4 aliphatic rings. The summed E-state index contributed by atoms with van der Waals surface area (Å²) in [7, 11) is 0. The second-order valence-electron chi connectivity index (χ2n) is 14.7. The number of hydrogen-bond acceptors (Lipinski definition) is 9. The Morgan fingerprint density at radius 3 is 1.37 bits per heavy atom. The van der Waals surface area contributed by atoms with Crippen LogP contribution in [0, 0.1) is 0 Å². The summed E-state index contributed by atoms with van der Waals surface area (Å²) in [6.45, 7) is 6.79. The van der Waals surface area contributed by atoms with Gasteiger partial charge in [0.1, 0.15) is 5.78 Å². The lowest BCUT2D eigenvalue weighted by Gasteiger charge is -2.35.